The summed E-state index contributed by atoms with van der Waals surface area (Å²) in [7, 11) is 0. The van der Waals surface area contributed by atoms with Gasteiger partial charge >= 0.3 is 0 Å². The van der Waals surface area contributed by atoms with Gasteiger partial charge < -0.3 is 14.1 Å². The maximum Gasteiger partial charge on any atom is 0.264 e. The van der Waals surface area contributed by atoms with Crippen LogP contribution in [0.4, 0.5) is 0 Å². The molecule has 1 amide bonds. The van der Waals surface area contributed by atoms with E-state index in [4.69, 9.17) is 20.8 Å². The van der Waals surface area contributed by atoms with E-state index in [1.54, 1.807) is 29.4 Å². The lowest BCUT2D eigenvalue weighted by molar-refractivity contribution is -0.139. The van der Waals surface area contributed by atoms with Gasteiger partial charge in [0.2, 0.25) is 0 Å². The summed E-state index contributed by atoms with van der Waals surface area (Å²) in [6, 6.07) is 11.4. The summed E-state index contributed by atoms with van der Waals surface area (Å²) in [5.41, 5.74) is 1.86. The van der Waals surface area contributed by atoms with E-state index in [2.05, 4.69) is 0 Å². The van der Waals surface area contributed by atoms with Crippen LogP contribution in [0.5, 0.6) is 5.75 Å². The number of amides is 1. The summed E-state index contributed by atoms with van der Waals surface area (Å²) >= 11 is 7.84. The molecule has 6 heteroatoms. The molecule has 2 aromatic heterocycles. The number of halogens is 1. The number of thiophene rings is 1. The molecule has 0 radical (unpaired) electrons. The number of furan rings is 1. The summed E-state index contributed by atoms with van der Waals surface area (Å²) in [6.07, 6.45) is 0.988. The minimum Gasteiger partial charge on any atom is -0.481 e. The van der Waals surface area contributed by atoms with Crippen LogP contribution in [-0.2, 0) is 17.9 Å². The highest BCUT2D eigenvalue weighted by molar-refractivity contribution is 7.09. The summed E-state index contributed by atoms with van der Waals surface area (Å²) in [4.78, 5) is 15.9. The lowest BCUT2D eigenvalue weighted by Gasteiger charge is -2.25. The third-order valence-corrected chi connectivity index (χ3v) is 5.69. The Morgan fingerprint density at radius 1 is 1.22 bits per heavy atom. The fourth-order valence-electron chi connectivity index (χ4n) is 2.88. The molecule has 0 aliphatic heterocycles. The normalized spacial score (nSPS) is 12.0. The number of rotatable bonds is 7. The number of nitrogens with zero attached hydrogens (tertiary/aromatic N) is 1. The average molecular weight is 404 g/mol. The molecule has 0 fully saturated rings. The Hall–Kier alpha value is -2.24. The number of ether oxygens (including phenoxy) is 1. The zero-order chi connectivity index (χ0) is 19.4. The zero-order valence-electron chi connectivity index (χ0n) is 15.6. The monoisotopic (exact) mass is 403 g/mol. The van der Waals surface area contributed by atoms with Gasteiger partial charge in [0.25, 0.3) is 5.91 Å². The van der Waals surface area contributed by atoms with E-state index < -0.39 is 6.10 Å². The zero-order valence-corrected chi connectivity index (χ0v) is 17.1. The van der Waals surface area contributed by atoms with Crippen molar-refractivity contribution in [3.05, 3.63) is 74.8 Å². The fourth-order valence-corrected chi connectivity index (χ4v) is 3.71. The lowest BCUT2D eigenvalue weighted by atomic mass is 10.1. The maximum atomic E-state index is 13.1. The molecular formula is C21H22ClNO3S. The number of carbonyl (C=O) groups is 1. The van der Waals surface area contributed by atoms with Gasteiger partial charge in [0.1, 0.15) is 11.5 Å². The van der Waals surface area contributed by atoms with Gasteiger partial charge in [-0.15, -0.1) is 11.3 Å². The summed E-state index contributed by atoms with van der Waals surface area (Å²) in [5.74, 6) is 1.29. The van der Waals surface area contributed by atoms with Crippen molar-refractivity contribution in [2.24, 2.45) is 0 Å². The molecule has 1 atom stereocenters. The molecule has 2 heterocycles. The van der Waals surface area contributed by atoms with Gasteiger partial charge in [0.05, 0.1) is 19.4 Å². The highest BCUT2D eigenvalue weighted by Crippen LogP contribution is 2.27. The van der Waals surface area contributed by atoms with Crippen LogP contribution in [0, 0.1) is 13.8 Å². The predicted octanol–water partition coefficient (Wildman–Crippen LogP) is 5.61. The van der Waals surface area contributed by atoms with Crippen molar-refractivity contribution in [3.8, 4) is 5.75 Å². The number of carbonyl (C=O) groups excluding carboxylic acids is 1. The molecule has 1 aromatic carbocycles. The van der Waals surface area contributed by atoms with Gasteiger partial charge in [-0.2, -0.15) is 0 Å². The molecule has 0 aliphatic carbocycles. The Morgan fingerprint density at radius 3 is 2.56 bits per heavy atom. The van der Waals surface area contributed by atoms with Crippen molar-refractivity contribution in [2.75, 3.05) is 0 Å². The van der Waals surface area contributed by atoms with Crippen molar-refractivity contribution in [3.63, 3.8) is 0 Å². The third kappa shape index (κ3) is 4.93. The molecule has 0 bridgehead atoms. The Labute approximate surface area is 168 Å². The van der Waals surface area contributed by atoms with Crippen LogP contribution in [0.15, 0.2) is 52.5 Å². The summed E-state index contributed by atoms with van der Waals surface area (Å²) in [6.45, 7) is 6.54. The molecule has 142 valence electrons. The van der Waals surface area contributed by atoms with E-state index in [9.17, 15) is 4.79 Å². The Kier molecular flexibility index (Phi) is 6.24. The SMILES string of the molecule is Cc1cc(O[C@H](C)C(=O)N(Cc2ccco2)Cc2cccs2)cc(C)c1Cl. The highest BCUT2D eigenvalue weighted by Gasteiger charge is 2.24. The van der Waals surface area contributed by atoms with Crippen molar-refractivity contribution in [1.82, 2.24) is 4.90 Å². The molecule has 27 heavy (non-hydrogen) atoms. The van der Waals surface area contributed by atoms with E-state index in [1.807, 2.05) is 55.6 Å². The lowest BCUT2D eigenvalue weighted by Crippen LogP contribution is -2.39. The third-order valence-electron chi connectivity index (χ3n) is 4.24. The van der Waals surface area contributed by atoms with Crippen LogP contribution < -0.4 is 4.74 Å². The van der Waals surface area contributed by atoms with E-state index in [-0.39, 0.29) is 5.91 Å². The Bertz CT molecular complexity index is 831. The molecule has 0 N–H and O–H groups in total. The van der Waals surface area contributed by atoms with E-state index in [0.29, 0.717) is 18.8 Å². The first kappa shape index (κ1) is 19.5. The van der Waals surface area contributed by atoms with Crippen molar-refractivity contribution >= 4 is 28.8 Å². The molecule has 0 unspecified atom stereocenters. The number of hydrogen-bond acceptors (Lipinski definition) is 4. The molecule has 0 spiro atoms. The summed E-state index contributed by atoms with van der Waals surface area (Å²) < 4.78 is 11.4. The second-order valence-corrected chi connectivity index (χ2v) is 7.89. The second kappa shape index (κ2) is 8.63. The minimum atomic E-state index is -0.625. The molecule has 4 nitrogen and oxygen atoms in total. The van der Waals surface area contributed by atoms with Crippen LogP contribution in [-0.4, -0.2) is 16.9 Å². The van der Waals surface area contributed by atoms with Crippen LogP contribution in [0.3, 0.4) is 0 Å². The standard InChI is InChI=1S/C21H22ClNO3S/c1-14-10-18(11-15(2)20(14)22)26-16(3)21(24)23(12-17-6-4-8-25-17)13-19-7-5-9-27-19/h4-11,16H,12-13H2,1-3H3/t16-/m1/s1. The van der Waals surface area contributed by atoms with Gasteiger partial charge in [-0.25, -0.2) is 0 Å². The quantitative estimate of drug-likeness (QED) is 0.515. The first-order valence-electron chi connectivity index (χ1n) is 8.71. The van der Waals surface area contributed by atoms with Crippen molar-refractivity contribution in [1.29, 1.82) is 0 Å². The smallest absolute Gasteiger partial charge is 0.264 e. The van der Waals surface area contributed by atoms with E-state index in [1.165, 1.54) is 0 Å². The van der Waals surface area contributed by atoms with Crippen LogP contribution in [0.2, 0.25) is 5.02 Å². The molecular weight excluding hydrogens is 382 g/mol. The summed E-state index contributed by atoms with van der Waals surface area (Å²) in [5, 5.41) is 2.72. The van der Waals surface area contributed by atoms with Gasteiger partial charge in [-0.3, -0.25) is 4.79 Å². The highest BCUT2D eigenvalue weighted by atomic mass is 35.5. The fraction of sp³-hybridized carbons (Fsp3) is 0.286. The minimum absolute atomic E-state index is 0.0925. The molecule has 0 saturated heterocycles. The van der Waals surface area contributed by atoms with Crippen LogP contribution in [0.25, 0.3) is 0 Å². The molecule has 0 aliphatic rings. The predicted molar refractivity (Wildman–Crippen MR) is 108 cm³/mol. The van der Waals surface area contributed by atoms with E-state index >= 15 is 0 Å². The van der Waals surface area contributed by atoms with Crippen LogP contribution >= 0.6 is 22.9 Å². The van der Waals surface area contributed by atoms with Gasteiger partial charge in [-0.1, -0.05) is 17.7 Å². The van der Waals surface area contributed by atoms with Gasteiger partial charge in [-0.05, 0) is 67.6 Å². The Morgan fingerprint density at radius 2 is 1.96 bits per heavy atom. The number of benzene rings is 1. The first-order valence-corrected chi connectivity index (χ1v) is 9.96. The maximum absolute atomic E-state index is 13.1. The van der Waals surface area contributed by atoms with Crippen LogP contribution in [0.1, 0.15) is 28.7 Å². The van der Waals surface area contributed by atoms with Gasteiger partial charge in [0, 0.05) is 9.90 Å². The van der Waals surface area contributed by atoms with E-state index in [0.717, 1.165) is 26.8 Å². The van der Waals surface area contributed by atoms with Crippen molar-refractivity contribution in [2.45, 2.75) is 40.0 Å². The van der Waals surface area contributed by atoms with Gasteiger partial charge in [0.15, 0.2) is 6.10 Å². The Balaban J connectivity index is 1.75. The largest absolute Gasteiger partial charge is 0.481 e. The number of aryl methyl sites for hydroxylation is 2. The number of hydrogen-bond donors (Lipinski definition) is 0. The topological polar surface area (TPSA) is 42.7 Å². The van der Waals surface area contributed by atoms with Crippen molar-refractivity contribution < 1.29 is 13.9 Å². The first-order chi connectivity index (χ1) is 12.9. The average Bonchev–Trinajstić information content (AvgIpc) is 3.32. The molecule has 3 rings (SSSR count). The molecule has 0 saturated carbocycles. The second-order valence-electron chi connectivity index (χ2n) is 6.48. The molecule has 3 aromatic rings.